The van der Waals surface area contributed by atoms with Crippen molar-refractivity contribution in [2.45, 2.75) is 31.7 Å². The van der Waals surface area contributed by atoms with Gasteiger partial charge in [0.15, 0.2) is 5.78 Å². The molecule has 0 aromatic heterocycles. The zero-order valence-corrected chi connectivity index (χ0v) is 9.16. The second-order valence-corrected chi connectivity index (χ2v) is 4.34. The predicted octanol–water partition coefficient (Wildman–Crippen LogP) is 1.14. The number of aliphatic hydroxyl groups is 1. The number of carbonyl (C=O) groups is 1. The van der Waals surface area contributed by atoms with Crippen LogP contribution in [0.5, 0.6) is 0 Å². The molecule has 1 atom stereocenters. The van der Waals surface area contributed by atoms with E-state index in [-0.39, 0.29) is 18.4 Å². The summed E-state index contributed by atoms with van der Waals surface area (Å²) >= 11 is 2.13. The molecular formula is C8H14INO2. The van der Waals surface area contributed by atoms with Crippen LogP contribution < -0.4 is 0 Å². The Morgan fingerprint density at radius 3 is 2.92 bits per heavy atom. The fourth-order valence-corrected chi connectivity index (χ4v) is 2.24. The third-order valence-corrected chi connectivity index (χ3v) is 3.33. The minimum atomic E-state index is -0.258. The maximum atomic E-state index is 11.4. The zero-order chi connectivity index (χ0) is 8.97. The molecule has 70 valence electrons. The Morgan fingerprint density at radius 2 is 2.25 bits per heavy atom. The quantitative estimate of drug-likeness (QED) is 0.579. The summed E-state index contributed by atoms with van der Waals surface area (Å²) in [6.07, 6.45) is 3.88. The maximum Gasteiger partial charge on any atom is 0.153 e. The first-order chi connectivity index (χ1) is 5.75. The highest BCUT2D eigenvalue weighted by Gasteiger charge is 2.24. The number of Topliss-reactive ketones (excluding diaryl/α,β-unsaturated/α-hetero) is 1. The lowest BCUT2D eigenvalue weighted by atomic mass is 10.0. The van der Waals surface area contributed by atoms with E-state index >= 15 is 0 Å². The zero-order valence-electron chi connectivity index (χ0n) is 7.00. The van der Waals surface area contributed by atoms with Crippen molar-refractivity contribution in [3.8, 4) is 0 Å². The molecule has 0 spiro atoms. The van der Waals surface area contributed by atoms with E-state index in [1.807, 2.05) is 3.11 Å². The van der Waals surface area contributed by atoms with Crippen molar-refractivity contribution in [2.24, 2.45) is 0 Å². The molecule has 12 heavy (non-hydrogen) atoms. The maximum absolute atomic E-state index is 11.4. The van der Waals surface area contributed by atoms with Gasteiger partial charge in [-0.15, -0.1) is 0 Å². The van der Waals surface area contributed by atoms with Crippen molar-refractivity contribution in [3.63, 3.8) is 0 Å². The van der Waals surface area contributed by atoms with Gasteiger partial charge in [-0.3, -0.25) is 4.79 Å². The Kier molecular flexibility index (Phi) is 4.45. The van der Waals surface area contributed by atoms with Gasteiger partial charge in [0.25, 0.3) is 0 Å². The third-order valence-electron chi connectivity index (χ3n) is 2.18. The van der Waals surface area contributed by atoms with Gasteiger partial charge in [-0.25, -0.2) is 3.11 Å². The summed E-state index contributed by atoms with van der Waals surface area (Å²) in [7, 11) is 0. The molecule has 0 aromatic carbocycles. The number of ketones is 1. The van der Waals surface area contributed by atoms with Crippen LogP contribution in [0.25, 0.3) is 0 Å². The molecule has 4 heteroatoms. The number of nitrogens with zero attached hydrogens (tertiary/aromatic N) is 1. The summed E-state index contributed by atoms with van der Waals surface area (Å²) in [6, 6.07) is -0.258. The molecule has 0 aromatic rings. The summed E-state index contributed by atoms with van der Waals surface area (Å²) in [4.78, 5) is 11.4. The molecule has 1 rings (SSSR count). The van der Waals surface area contributed by atoms with E-state index < -0.39 is 0 Å². The monoisotopic (exact) mass is 283 g/mol. The van der Waals surface area contributed by atoms with Crippen molar-refractivity contribution in [1.29, 1.82) is 0 Å². The van der Waals surface area contributed by atoms with Crippen molar-refractivity contribution < 1.29 is 9.90 Å². The molecule has 0 radical (unpaired) electrons. The molecule has 1 aliphatic rings. The number of rotatable bonds is 1. The topological polar surface area (TPSA) is 40.5 Å². The van der Waals surface area contributed by atoms with Gasteiger partial charge < -0.3 is 5.11 Å². The lowest BCUT2D eigenvalue weighted by Gasteiger charge is -2.25. The molecular weight excluding hydrogens is 269 g/mol. The van der Waals surface area contributed by atoms with Crippen LogP contribution in [0.4, 0.5) is 0 Å². The Morgan fingerprint density at radius 1 is 1.50 bits per heavy atom. The smallest absolute Gasteiger partial charge is 0.153 e. The summed E-state index contributed by atoms with van der Waals surface area (Å²) in [6.45, 7) is 0.874. The van der Waals surface area contributed by atoms with Gasteiger partial charge >= 0.3 is 0 Å². The Bertz CT molecular complexity index is 163. The van der Waals surface area contributed by atoms with Gasteiger partial charge in [0, 0.05) is 35.8 Å². The van der Waals surface area contributed by atoms with Crippen LogP contribution in [0.3, 0.4) is 0 Å². The molecule has 1 saturated heterocycles. The SMILES string of the molecule is O=C1CCCCCN(I)C1CO. The number of hydrogen-bond donors (Lipinski definition) is 1. The summed E-state index contributed by atoms with van der Waals surface area (Å²) in [5, 5.41) is 8.98. The van der Waals surface area contributed by atoms with Gasteiger partial charge in [0.2, 0.25) is 0 Å². The van der Waals surface area contributed by atoms with Gasteiger partial charge in [-0.1, -0.05) is 6.42 Å². The predicted molar refractivity (Wildman–Crippen MR) is 55.1 cm³/mol. The number of halogens is 1. The second-order valence-electron chi connectivity index (χ2n) is 3.10. The minimum absolute atomic E-state index is 0.0399. The number of aliphatic hydroxyl groups excluding tert-OH is 1. The van der Waals surface area contributed by atoms with E-state index in [0.29, 0.717) is 6.42 Å². The number of carbonyl (C=O) groups excluding carboxylic acids is 1. The van der Waals surface area contributed by atoms with Crippen LogP contribution in [0.1, 0.15) is 25.7 Å². The van der Waals surface area contributed by atoms with E-state index in [2.05, 4.69) is 22.9 Å². The van der Waals surface area contributed by atoms with Crippen LogP contribution in [-0.2, 0) is 4.79 Å². The van der Waals surface area contributed by atoms with Crippen molar-refractivity contribution in [2.75, 3.05) is 13.2 Å². The van der Waals surface area contributed by atoms with E-state index in [1.165, 1.54) is 0 Å². The summed E-state index contributed by atoms with van der Waals surface area (Å²) < 4.78 is 1.93. The highest BCUT2D eigenvalue weighted by atomic mass is 127. The molecule has 0 saturated carbocycles. The molecule has 3 nitrogen and oxygen atoms in total. The van der Waals surface area contributed by atoms with Gasteiger partial charge in [-0.2, -0.15) is 0 Å². The highest BCUT2D eigenvalue weighted by molar-refractivity contribution is 14.1. The molecule has 1 aliphatic heterocycles. The van der Waals surface area contributed by atoms with Crippen LogP contribution in [0, 0.1) is 0 Å². The fourth-order valence-electron chi connectivity index (χ4n) is 1.41. The third kappa shape index (κ3) is 2.67. The average Bonchev–Trinajstić information content (AvgIpc) is 2.02. The molecule has 1 N–H and O–H groups in total. The van der Waals surface area contributed by atoms with Gasteiger partial charge in [0.05, 0.1) is 6.61 Å². The normalized spacial score (nSPS) is 28.2. The molecule has 1 heterocycles. The first kappa shape index (κ1) is 10.4. The van der Waals surface area contributed by atoms with Crippen molar-refractivity contribution >= 4 is 28.6 Å². The van der Waals surface area contributed by atoms with E-state index in [1.54, 1.807) is 0 Å². The lowest BCUT2D eigenvalue weighted by molar-refractivity contribution is -0.123. The van der Waals surface area contributed by atoms with Crippen molar-refractivity contribution in [1.82, 2.24) is 3.11 Å². The van der Waals surface area contributed by atoms with E-state index in [9.17, 15) is 4.79 Å². The summed E-state index contributed by atoms with van der Waals surface area (Å²) in [5.41, 5.74) is 0. The molecule has 1 fully saturated rings. The lowest BCUT2D eigenvalue weighted by Crippen LogP contribution is -2.39. The first-order valence-electron chi connectivity index (χ1n) is 4.31. The van der Waals surface area contributed by atoms with Gasteiger partial charge in [0.1, 0.15) is 6.04 Å². The Labute approximate surface area is 86.6 Å². The van der Waals surface area contributed by atoms with Crippen molar-refractivity contribution in [3.05, 3.63) is 0 Å². The van der Waals surface area contributed by atoms with E-state index in [4.69, 9.17) is 5.11 Å². The van der Waals surface area contributed by atoms with Crippen LogP contribution in [0.15, 0.2) is 0 Å². The molecule has 1 unspecified atom stereocenters. The van der Waals surface area contributed by atoms with Crippen LogP contribution in [0.2, 0.25) is 0 Å². The second kappa shape index (κ2) is 5.14. The van der Waals surface area contributed by atoms with Gasteiger partial charge in [-0.05, 0) is 12.8 Å². The van der Waals surface area contributed by atoms with Crippen LogP contribution >= 0.6 is 22.9 Å². The average molecular weight is 283 g/mol. The minimum Gasteiger partial charge on any atom is -0.394 e. The first-order valence-corrected chi connectivity index (χ1v) is 5.28. The highest BCUT2D eigenvalue weighted by Crippen LogP contribution is 2.16. The molecule has 0 aliphatic carbocycles. The fraction of sp³-hybridized carbons (Fsp3) is 0.875. The molecule has 0 amide bonds. The largest absolute Gasteiger partial charge is 0.394 e. The number of hydrogen-bond acceptors (Lipinski definition) is 3. The van der Waals surface area contributed by atoms with E-state index in [0.717, 1.165) is 25.8 Å². The Hall–Kier alpha value is 0.320. The molecule has 0 bridgehead atoms. The summed E-state index contributed by atoms with van der Waals surface area (Å²) in [5.74, 6) is 0.187. The van der Waals surface area contributed by atoms with Crippen LogP contribution in [-0.4, -0.2) is 33.2 Å². The standard InChI is InChI=1S/C8H14INO2/c9-10-5-3-1-2-4-8(12)7(10)6-11/h7,11H,1-6H2. The Balaban J connectivity index is 2.55.